The van der Waals surface area contributed by atoms with Crippen LogP contribution in [0.2, 0.25) is 0 Å². The quantitative estimate of drug-likeness (QED) is 0.605. The van der Waals surface area contributed by atoms with E-state index in [0.29, 0.717) is 5.75 Å². The third-order valence-corrected chi connectivity index (χ3v) is 6.03. The molecule has 28 heavy (non-hydrogen) atoms. The first-order valence-corrected chi connectivity index (χ1v) is 10.3. The van der Waals surface area contributed by atoms with E-state index in [1.807, 2.05) is 42.5 Å². The second-order valence-electron chi connectivity index (χ2n) is 6.29. The molecule has 0 fully saturated rings. The highest BCUT2D eigenvalue weighted by atomic mass is 32.2. The molecule has 0 aromatic heterocycles. The van der Waals surface area contributed by atoms with Crippen molar-refractivity contribution in [2.24, 2.45) is 0 Å². The monoisotopic (exact) mass is 401 g/mol. The van der Waals surface area contributed by atoms with Gasteiger partial charge in [0.25, 0.3) is 0 Å². The van der Waals surface area contributed by atoms with Crippen molar-refractivity contribution in [3.8, 4) is 11.5 Å². The van der Waals surface area contributed by atoms with Gasteiger partial charge in [-0.15, -0.1) is 0 Å². The highest BCUT2D eigenvalue weighted by Gasteiger charge is 2.21. The largest absolute Gasteiger partial charge is 0.497 e. The van der Waals surface area contributed by atoms with Gasteiger partial charge in [0, 0.05) is 12.6 Å². The van der Waals surface area contributed by atoms with Crippen LogP contribution in [-0.4, -0.2) is 34.3 Å². The number of nitrogens with one attached hydrogen (secondary N) is 1. The van der Waals surface area contributed by atoms with E-state index in [-0.39, 0.29) is 23.6 Å². The third kappa shape index (κ3) is 4.27. The second kappa shape index (κ2) is 8.60. The summed E-state index contributed by atoms with van der Waals surface area (Å²) in [5, 5.41) is 12.6. The van der Waals surface area contributed by atoms with E-state index < -0.39 is 16.1 Å². The highest BCUT2D eigenvalue weighted by molar-refractivity contribution is 7.89. The topological polar surface area (TPSA) is 84.9 Å². The Morgan fingerprint density at radius 3 is 2.50 bits per heavy atom. The molecular weight excluding hydrogens is 378 g/mol. The normalized spacial score (nSPS) is 12.7. The summed E-state index contributed by atoms with van der Waals surface area (Å²) >= 11 is 0. The number of rotatable bonds is 8. The Morgan fingerprint density at radius 1 is 1.00 bits per heavy atom. The maximum absolute atomic E-state index is 12.7. The van der Waals surface area contributed by atoms with E-state index in [1.165, 1.54) is 20.3 Å². The van der Waals surface area contributed by atoms with Crippen LogP contribution in [0.15, 0.2) is 65.6 Å². The average Bonchev–Trinajstić information content (AvgIpc) is 2.72. The summed E-state index contributed by atoms with van der Waals surface area (Å²) in [7, 11) is -0.950. The summed E-state index contributed by atoms with van der Waals surface area (Å²) in [4.78, 5) is -0.00555. The molecule has 0 heterocycles. The lowest BCUT2D eigenvalue weighted by Gasteiger charge is -2.15. The van der Waals surface area contributed by atoms with Gasteiger partial charge in [0.15, 0.2) is 0 Å². The minimum Gasteiger partial charge on any atom is -0.497 e. The smallest absolute Gasteiger partial charge is 0.244 e. The molecule has 3 rings (SSSR count). The van der Waals surface area contributed by atoms with Crippen LogP contribution in [0.5, 0.6) is 11.5 Å². The van der Waals surface area contributed by atoms with E-state index in [4.69, 9.17) is 9.47 Å². The predicted octanol–water partition coefficient (Wildman–Crippen LogP) is 3.26. The summed E-state index contributed by atoms with van der Waals surface area (Å²) in [6, 6.07) is 18.1. The Hall–Kier alpha value is -2.61. The zero-order valence-electron chi connectivity index (χ0n) is 15.8. The Kier molecular flexibility index (Phi) is 6.18. The van der Waals surface area contributed by atoms with Gasteiger partial charge in [-0.05, 0) is 34.9 Å². The van der Waals surface area contributed by atoms with Crippen LogP contribution >= 0.6 is 0 Å². The van der Waals surface area contributed by atoms with Gasteiger partial charge in [0.05, 0.1) is 20.3 Å². The summed E-state index contributed by atoms with van der Waals surface area (Å²) in [5.74, 6) is 0.639. The van der Waals surface area contributed by atoms with Gasteiger partial charge >= 0.3 is 0 Å². The highest BCUT2D eigenvalue weighted by Crippen LogP contribution is 2.29. The Morgan fingerprint density at radius 2 is 1.75 bits per heavy atom. The maximum Gasteiger partial charge on any atom is 0.244 e. The van der Waals surface area contributed by atoms with Crippen molar-refractivity contribution in [3.05, 3.63) is 66.2 Å². The summed E-state index contributed by atoms with van der Waals surface area (Å²) < 4.78 is 38.1. The molecule has 0 aliphatic heterocycles. The molecule has 0 radical (unpaired) electrons. The van der Waals surface area contributed by atoms with Crippen molar-refractivity contribution in [2.45, 2.75) is 17.4 Å². The van der Waals surface area contributed by atoms with Crippen LogP contribution in [0, 0.1) is 0 Å². The molecule has 6 nitrogen and oxygen atoms in total. The predicted molar refractivity (Wildman–Crippen MR) is 108 cm³/mol. The molecule has 7 heteroatoms. The molecular formula is C21H23NO5S. The molecule has 0 saturated heterocycles. The van der Waals surface area contributed by atoms with E-state index in [2.05, 4.69) is 4.72 Å². The lowest BCUT2D eigenvalue weighted by atomic mass is 9.99. The van der Waals surface area contributed by atoms with Gasteiger partial charge in [-0.2, -0.15) is 0 Å². The van der Waals surface area contributed by atoms with Crippen LogP contribution in [0.3, 0.4) is 0 Å². The Bertz CT molecular complexity index is 1060. The first kappa shape index (κ1) is 20.1. The van der Waals surface area contributed by atoms with Gasteiger partial charge in [0.2, 0.25) is 10.0 Å². The van der Waals surface area contributed by atoms with Crippen LogP contribution in [0.25, 0.3) is 10.8 Å². The molecule has 1 atom stereocenters. The number of benzene rings is 3. The SMILES string of the molecule is COc1ccc(OC)c(S(=O)(=O)NCCC(O)c2cccc3ccccc23)c1. The van der Waals surface area contributed by atoms with Gasteiger partial charge in [-0.25, -0.2) is 13.1 Å². The molecule has 0 aliphatic rings. The lowest BCUT2D eigenvalue weighted by molar-refractivity contribution is 0.170. The van der Waals surface area contributed by atoms with Crippen LogP contribution < -0.4 is 14.2 Å². The maximum atomic E-state index is 12.7. The number of ether oxygens (including phenoxy) is 2. The van der Waals surface area contributed by atoms with E-state index >= 15 is 0 Å². The molecule has 148 valence electrons. The van der Waals surface area contributed by atoms with E-state index in [1.54, 1.807) is 12.1 Å². The number of hydrogen-bond acceptors (Lipinski definition) is 5. The van der Waals surface area contributed by atoms with Crippen LogP contribution in [0.4, 0.5) is 0 Å². The zero-order valence-corrected chi connectivity index (χ0v) is 16.6. The first-order valence-electron chi connectivity index (χ1n) is 8.83. The fourth-order valence-electron chi connectivity index (χ4n) is 3.10. The molecule has 0 saturated carbocycles. The molecule has 0 amide bonds. The third-order valence-electron chi connectivity index (χ3n) is 4.55. The van der Waals surface area contributed by atoms with E-state index in [0.717, 1.165) is 16.3 Å². The van der Waals surface area contributed by atoms with Crippen molar-refractivity contribution < 1.29 is 23.0 Å². The van der Waals surface area contributed by atoms with Gasteiger partial charge in [-0.1, -0.05) is 42.5 Å². The Labute approximate surface area is 164 Å². The second-order valence-corrected chi connectivity index (χ2v) is 8.02. The van der Waals surface area contributed by atoms with E-state index in [9.17, 15) is 13.5 Å². The molecule has 0 bridgehead atoms. The van der Waals surface area contributed by atoms with Crippen molar-refractivity contribution in [3.63, 3.8) is 0 Å². The summed E-state index contributed by atoms with van der Waals surface area (Å²) in [5.41, 5.74) is 0.774. The molecule has 0 spiro atoms. The minimum absolute atomic E-state index is 0.00555. The fourth-order valence-corrected chi connectivity index (χ4v) is 4.33. The fraction of sp³-hybridized carbons (Fsp3) is 0.238. The number of fused-ring (bicyclic) bond motifs is 1. The molecule has 2 N–H and O–H groups in total. The zero-order chi connectivity index (χ0) is 20.1. The average molecular weight is 401 g/mol. The van der Waals surface area contributed by atoms with Crippen molar-refractivity contribution >= 4 is 20.8 Å². The Balaban J connectivity index is 1.73. The van der Waals surface area contributed by atoms with Gasteiger partial charge in [0.1, 0.15) is 16.4 Å². The van der Waals surface area contributed by atoms with Gasteiger partial charge in [-0.3, -0.25) is 0 Å². The summed E-state index contributed by atoms with van der Waals surface area (Å²) in [6.07, 6.45) is -0.555. The first-order chi connectivity index (χ1) is 13.5. The number of hydrogen-bond donors (Lipinski definition) is 2. The standard InChI is InChI=1S/C21H23NO5S/c1-26-16-10-11-20(27-2)21(14-16)28(24,25)22-13-12-19(23)18-9-5-7-15-6-3-4-8-17(15)18/h3-11,14,19,22-23H,12-13H2,1-2H3. The number of aliphatic hydroxyl groups excluding tert-OH is 1. The van der Waals surface area contributed by atoms with Crippen molar-refractivity contribution in [1.29, 1.82) is 0 Å². The van der Waals surface area contributed by atoms with Gasteiger partial charge < -0.3 is 14.6 Å². The van der Waals surface area contributed by atoms with Crippen molar-refractivity contribution in [2.75, 3.05) is 20.8 Å². The molecule has 3 aromatic rings. The van der Waals surface area contributed by atoms with Crippen LogP contribution in [-0.2, 0) is 10.0 Å². The minimum atomic E-state index is -3.82. The number of methoxy groups -OCH3 is 2. The number of sulfonamides is 1. The number of aliphatic hydroxyl groups is 1. The molecule has 1 unspecified atom stereocenters. The van der Waals surface area contributed by atoms with Crippen LogP contribution in [0.1, 0.15) is 18.1 Å². The summed E-state index contributed by atoms with van der Waals surface area (Å²) in [6.45, 7) is 0.0765. The van der Waals surface area contributed by atoms with Crippen molar-refractivity contribution in [1.82, 2.24) is 4.72 Å². The molecule has 3 aromatic carbocycles. The lowest BCUT2D eigenvalue weighted by Crippen LogP contribution is -2.26. The molecule has 0 aliphatic carbocycles.